The minimum Gasteiger partial charge on any atom is -0.508 e. The summed E-state index contributed by atoms with van der Waals surface area (Å²) in [4.78, 5) is 0.280. The van der Waals surface area contributed by atoms with Gasteiger partial charge in [-0.15, -0.1) is 0 Å². The normalized spacial score (nSPS) is 14.0. The first-order valence-corrected chi connectivity index (χ1v) is 8.29. The molecule has 0 saturated carbocycles. The van der Waals surface area contributed by atoms with Gasteiger partial charge in [0.25, 0.3) is 0 Å². The van der Waals surface area contributed by atoms with Crippen molar-refractivity contribution in [3.8, 4) is 11.5 Å². The summed E-state index contributed by atoms with van der Waals surface area (Å²) in [6, 6.07) is 11.7. The van der Waals surface area contributed by atoms with Crippen LogP contribution in [0.5, 0.6) is 11.5 Å². The van der Waals surface area contributed by atoms with Gasteiger partial charge in [-0.25, -0.2) is 8.42 Å². The lowest BCUT2D eigenvalue weighted by atomic mass is 10.0. The standard InChI is InChI=1S/C16H14O4S/c1-21(18,19)15-4-2-3-11(9-15)13-7-12-8-14(17)5-6-16(12)20-10-13/h2-9,17H,10H2,1H3. The molecular weight excluding hydrogens is 288 g/mol. The molecule has 0 amide bonds. The maximum Gasteiger partial charge on any atom is 0.175 e. The van der Waals surface area contributed by atoms with E-state index in [0.29, 0.717) is 12.4 Å². The highest BCUT2D eigenvalue weighted by atomic mass is 32.2. The summed E-state index contributed by atoms with van der Waals surface area (Å²) in [6.45, 7) is 0.366. The van der Waals surface area contributed by atoms with Gasteiger partial charge in [0.1, 0.15) is 18.1 Å². The van der Waals surface area contributed by atoms with Gasteiger partial charge in [0.15, 0.2) is 9.84 Å². The molecule has 1 heterocycles. The molecule has 21 heavy (non-hydrogen) atoms. The molecule has 1 N–H and O–H groups in total. The zero-order chi connectivity index (χ0) is 15.0. The van der Waals surface area contributed by atoms with Crippen LogP contribution in [-0.4, -0.2) is 26.4 Å². The molecule has 0 saturated heterocycles. The smallest absolute Gasteiger partial charge is 0.175 e. The molecule has 2 aromatic carbocycles. The van der Waals surface area contributed by atoms with Gasteiger partial charge in [-0.2, -0.15) is 0 Å². The number of hydrogen-bond donors (Lipinski definition) is 1. The second-order valence-corrected chi connectivity index (χ2v) is 7.00. The SMILES string of the molecule is CS(=O)(=O)c1cccc(C2=Cc3cc(O)ccc3OC2)c1. The van der Waals surface area contributed by atoms with E-state index in [-0.39, 0.29) is 10.6 Å². The maximum atomic E-state index is 11.6. The molecule has 4 nitrogen and oxygen atoms in total. The molecule has 0 aromatic heterocycles. The van der Waals surface area contributed by atoms with Gasteiger partial charge in [-0.3, -0.25) is 0 Å². The molecule has 5 heteroatoms. The number of rotatable bonds is 2. The monoisotopic (exact) mass is 302 g/mol. The van der Waals surface area contributed by atoms with E-state index in [2.05, 4.69) is 0 Å². The molecule has 1 aliphatic rings. The van der Waals surface area contributed by atoms with Crippen molar-refractivity contribution in [2.45, 2.75) is 4.90 Å². The average Bonchev–Trinajstić information content (AvgIpc) is 2.45. The quantitative estimate of drug-likeness (QED) is 0.926. The van der Waals surface area contributed by atoms with Crippen LogP contribution >= 0.6 is 0 Å². The van der Waals surface area contributed by atoms with Crippen molar-refractivity contribution in [2.24, 2.45) is 0 Å². The van der Waals surface area contributed by atoms with Crippen LogP contribution in [-0.2, 0) is 9.84 Å². The van der Waals surface area contributed by atoms with Crippen LogP contribution in [0.1, 0.15) is 11.1 Å². The van der Waals surface area contributed by atoms with E-state index in [1.165, 1.54) is 6.26 Å². The Morgan fingerprint density at radius 3 is 2.71 bits per heavy atom. The van der Waals surface area contributed by atoms with Crippen LogP contribution < -0.4 is 4.74 Å². The van der Waals surface area contributed by atoms with Gasteiger partial charge in [0, 0.05) is 11.8 Å². The first-order valence-electron chi connectivity index (χ1n) is 6.40. The topological polar surface area (TPSA) is 63.6 Å². The fourth-order valence-electron chi connectivity index (χ4n) is 2.26. The van der Waals surface area contributed by atoms with Crippen LogP contribution in [0.2, 0.25) is 0 Å². The zero-order valence-electron chi connectivity index (χ0n) is 11.4. The second-order valence-electron chi connectivity index (χ2n) is 4.98. The summed E-state index contributed by atoms with van der Waals surface area (Å²) in [7, 11) is -3.24. The predicted octanol–water partition coefficient (Wildman–Crippen LogP) is 2.73. The molecule has 1 aliphatic heterocycles. The van der Waals surface area contributed by atoms with Crippen molar-refractivity contribution in [1.82, 2.24) is 0 Å². The Morgan fingerprint density at radius 2 is 1.95 bits per heavy atom. The summed E-state index contributed by atoms with van der Waals surface area (Å²) in [6.07, 6.45) is 3.09. The number of fused-ring (bicyclic) bond motifs is 1. The van der Waals surface area contributed by atoms with Gasteiger partial charge in [-0.1, -0.05) is 12.1 Å². The van der Waals surface area contributed by atoms with Gasteiger partial charge < -0.3 is 9.84 Å². The molecule has 0 radical (unpaired) electrons. The summed E-state index contributed by atoms with van der Waals surface area (Å²) in [5, 5.41) is 9.53. The van der Waals surface area contributed by atoms with E-state index < -0.39 is 9.84 Å². The summed E-state index contributed by atoms with van der Waals surface area (Å²) >= 11 is 0. The predicted molar refractivity (Wildman–Crippen MR) is 81.0 cm³/mol. The van der Waals surface area contributed by atoms with Crippen LogP contribution in [0.4, 0.5) is 0 Å². The molecule has 108 valence electrons. The Morgan fingerprint density at radius 1 is 1.14 bits per heavy atom. The van der Waals surface area contributed by atoms with Crippen molar-refractivity contribution in [3.63, 3.8) is 0 Å². The van der Waals surface area contributed by atoms with Gasteiger partial charge in [0.2, 0.25) is 0 Å². The van der Waals surface area contributed by atoms with Gasteiger partial charge in [-0.05, 0) is 47.5 Å². The first-order chi connectivity index (χ1) is 9.93. The van der Waals surface area contributed by atoms with Crippen molar-refractivity contribution in [1.29, 1.82) is 0 Å². The summed E-state index contributed by atoms with van der Waals surface area (Å²) in [5.74, 6) is 0.871. The molecule has 3 rings (SSSR count). The number of aromatic hydroxyl groups is 1. The van der Waals surface area contributed by atoms with Crippen molar-refractivity contribution in [3.05, 3.63) is 53.6 Å². The highest BCUT2D eigenvalue weighted by molar-refractivity contribution is 7.90. The van der Waals surface area contributed by atoms with E-state index in [0.717, 1.165) is 16.7 Å². The van der Waals surface area contributed by atoms with Gasteiger partial charge >= 0.3 is 0 Å². The Labute approximate surface area is 123 Å². The van der Waals surface area contributed by atoms with E-state index in [9.17, 15) is 13.5 Å². The molecule has 0 bridgehead atoms. The molecule has 2 aromatic rings. The highest BCUT2D eigenvalue weighted by Crippen LogP contribution is 2.33. The molecule has 0 aliphatic carbocycles. The Balaban J connectivity index is 2.06. The third-order valence-electron chi connectivity index (χ3n) is 3.34. The zero-order valence-corrected chi connectivity index (χ0v) is 12.2. The van der Waals surface area contributed by atoms with Crippen LogP contribution in [0, 0.1) is 0 Å². The molecular formula is C16H14O4S. The lowest BCUT2D eigenvalue weighted by Crippen LogP contribution is -2.07. The number of phenolic OH excluding ortho intramolecular Hbond substituents is 1. The molecule has 0 unspecified atom stereocenters. The van der Waals surface area contributed by atoms with E-state index in [4.69, 9.17) is 4.74 Å². The number of hydrogen-bond acceptors (Lipinski definition) is 4. The number of sulfone groups is 1. The minimum atomic E-state index is -3.24. The third-order valence-corrected chi connectivity index (χ3v) is 4.45. The molecule has 0 atom stereocenters. The number of benzene rings is 2. The Bertz CT molecular complexity index is 835. The second kappa shape index (κ2) is 4.93. The van der Waals surface area contributed by atoms with Crippen LogP contribution in [0.15, 0.2) is 47.4 Å². The van der Waals surface area contributed by atoms with Crippen molar-refractivity contribution >= 4 is 21.5 Å². The van der Waals surface area contributed by atoms with Crippen molar-refractivity contribution in [2.75, 3.05) is 12.9 Å². The summed E-state index contributed by atoms with van der Waals surface area (Å²) in [5.41, 5.74) is 2.45. The number of phenols is 1. The lowest BCUT2D eigenvalue weighted by Gasteiger charge is -2.18. The Hall–Kier alpha value is -2.27. The average molecular weight is 302 g/mol. The first kappa shape index (κ1) is 13.7. The van der Waals surface area contributed by atoms with E-state index in [1.807, 2.05) is 12.1 Å². The maximum absolute atomic E-state index is 11.6. The molecule has 0 fully saturated rings. The van der Waals surface area contributed by atoms with Crippen LogP contribution in [0.25, 0.3) is 11.6 Å². The Kier molecular flexibility index (Phi) is 3.22. The van der Waals surface area contributed by atoms with Crippen LogP contribution in [0.3, 0.4) is 0 Å². The van der Waals surface area contributed by atoms with Gasteiger partial charge in [0.05, 0.1) is 4.90 Å². The molecule has 0 spiro atoms. The van der Waals surface area contributed by atoms with E-state index >= 15 is 0 Å². The largest absolute Gasteiger partial charge is 0.508 e. The number of ether oxygens (including phenoxy) is 1. The van der Waals surface area contributed by atoms with E-state index in [1.54, 1.807) is 36.4 Å². The summed E-state index contributed by atoms with van der Waals surface area (Å²) < 4.78 is 28.9. The fraction of sp³-hybridized carbons (Fsp3) is 0.125. The minimum absolute atomic E-state index is 0.166. The third kappa shape index (κ3) is 2.78. The fourth-order valence-corrected chi connectivity index (χ4v) is 2.92. The van der Waals surface area contributed by atoms with Crippen molar-refractivity contribution < 1.29 is 18.3 Å². The lowest BCUT2D eigenvalue weighted by molar-refractivity contribution is 0.364. The highest BCUT2D eigenvalue weighted by Gasteiger charge is 2.15.